The molecule has 0 aromatic heterocycles. The Labute approximate surface area is 69.8 Å². The van der Waals surface area contributed by atoms with Gasteiger partial charge in [-0.15, -0.1) is 0 Å². The third-order valence-corrected chi connectivity index (χ3v) is 3.95. The van der Waals surface area contributed by atoms with E-state index < -0.39 is 0 Å². The Morgan fingerprint density at radius 3 is 1.82 bits per heavy atom. The highest BCUT2D eigenvalue weighted by Crippen LogP contribution is 2.67. The van der Waals surface area contributed by atoms with Crippen molar-refractivity contribution in [3.63, 3.8) is 0 Å². The van der Waals surface area contributed by atoms with E-state index in [0.29, 0.717) is 10.8 Å². The number of piperidine rings is 1. The first-order chi connectivity index (χ1) is 4.97. The fraction of sp³-hybridized carbons (Fsp3) is 1.00. The summed E-state index contributed by atoms with van der Waals surface area (Å²) in [6.45, 7) is 12.2. The molecular weight excluding hydrogens is 134 g/mol. The number of hydrogen-bond acceptors (Lipinski definition) is 1. The Kier molecular flexibility index (Phi) is 1.26. The molecule has 1 saturated carbocycles. The van der Waals surface area contributed by atoms with Crippen LogP contribution in [0.15, 0.2) is 0 Å². The molecule has 1 aliphatic carbocycles. The van der Waals surface area contributed by atoms with Gasteiger partial charge in [0, 0.05) is 19.1 Å². The SMILES string of the molecule is CC(C)N1C[C@@]2(C)C[C@@]2(C)C1. The topological polar surface area (TPSA) is 3.24 Å². The van der Waals surface area contributed by atoms with Crippen LogP contribution in [-0.4, -0.2) is 24.0 Å². The molecule has 1 heteroatoms. The van der Waals surface area contributed by atoms with Gasteiger partial charge in [0.25, 0.3) is 0 Å². The quantitative estimate of drug-likeness (QED) is 0.558. The van der Waals surface area contributed by atoms with Gasteiger partial charge in [-0.3, -0.25) is 4.90 Å². The van der Waals surface area contributed by atoms with Crippen LogP contribution in [0.5, 0.6) is 0 Å². The highest BCUT2D eigenvalue weighted by atomic mass is 15.2. The minimum atomic E-state index is 0.678. The molecule has 0 bridgehead atoms. The lowest BCUT2D eigenvalue weighted by atomic mass is 10.0. The molecule has 0 radical (unpaired) electrons. The molecule has 1 heterocycles. The third-order valence-electron chi connectivity index (χ3n) is 3.95. The Morgan fingerprint density at radius 2 is 1.55 bits per heavy atom. The molecule has 1 nitrogen and oxygen atoms in total. The molecule has 2 rings (SSSR count). The van der Waals surface area contributed by atoms with Crippen molar-refractivity contribution in [3.8, 4) is 0 Å². The molecule has 64 valence electrons. The van der Waals surface area contributed by atoms with Gasteiger partial charge in [0.2, 0.25) is 0 Å². The van der Waals surface area contributed by atoms with E-state index in [0.717, 1.165) is 6.04 Å². The van der Waals surface area contributed by atoms with Gasteiger partial charge in [0.05, 0.1) is 0 Å². The molecule has 0 N–H and O–H groups in total. The smallest absolute Gasteiger partial charge is 0.00442 e. The molecule has 0 unspecified atom stereocenters. The minimum Gasteiger partial charge on any atom is -0.300 e. The predicted molar refractivity (Wildman–Crippen MR) is 47.5 cm³/mol. The maximum atomic E-state index is 2.61. The van der Waals surface area contributed by atoms with E-state index in [4.69, 9.17) is 0 Å². The second-order valence-corrected chi connectivity index (χ2v) is 5.30. The first kappa shape index (κ1) is 7.60. The summed E-state index contributed by atoms with van der Waals surface area (Å²) in [5.74, 6) is 0. The summed E-state index contributed by atoms with van der Waals surface area (Å²) in [6, 6.07) is 0.747. The number of hydrogen-bond donors (Lipinski definition) is 0. The normalized spacial score (nSPS) is 49.9. The molecule has 0 aromatic rings. The summed E-state index contributed by atoms with van der Waals surface area (Å²) in [4.78, 5) is 2.61. The van der Waals surface area contributed by atoms with E-state index >= 15 is 0 Å². The van der Waals surface area contributed by atoms with Crippen LogP contribution in [0.2, 0.25) is 0 Å². The largest absolute Gasteiger partial charge is 0.300 e. The van der Waals surface area contributed by atoms with Gasteiger partial charge >= 0.3 is 0 Å². The van der Waals surface area contributed by atoms with Crippen molar-refractivity contribution in [1.82, 2.24) is 4.90 Å². The summed E-state index contributed by atoms with van der Waals surface area (Å²) in [6.07, 6.45) is 1.46. The zero-order valence-corrected chi connectivity index (χ0v) is 8.15. The Balaban J connectivity index is 2.07. The maximum Gasteiger partial charge on any atom is 0.00442 e. The molecule has 0 aromatic carbocycles. The second-order valence-electron chi connectivity index (χ2n) is 5.30. The predicted octanol–water partition coefficient (Wildman–Crippen LogP) is 2.13. The Bertz CT molecular complexity index is 171. The van der Waals surface area contributed by atoms with Crippen LogP contribution in [-0.2, 0) is 0 Å². The summed E-state index contributed by atoms with van der Waals surface area (Å²) in [5.41, 5.74) is 1.36. The minimum absolute atomic E-state index is 0.678. The van der Waals surface area contributed by atoms with Crippen LogP contribution in [0.4, 0.5) is 0 Å². The van der Waals surface area contributed by atoms with Gasteiger partial charge in [0.1, 0.15) is 0 Å². The van der Waals surface area contributed by atoms with Gasteiger partial charge < -0.3 is 0 Å². The average Bonchev–Trinajstić information content (AvgIpc) is 2.23. The van der Waals surface area contributed by atoms with Crippen LogP contribution in [0.1, 0.15) is 34.1 Å². The standard InChI is InChI=1S/C10H19N/c1-8(2)11-6-9(3)5-10(9,4)7-11/h8H,5-7H2,1-4H3/t9-,10+. The van der Waals surface area contributed by atoms with E-state index in [2.05, 4.69) is 32.6 Å². The van der Waals surface area contributed by atoms with E-state index in [-0.39, 0.29) is 0 Å². The fourth-order valence-corrected chi connectivity index (χ4v) is 2.63. The van der Waals surface area contributed by atoms with Crippen molar-refractivity contribution in [1.29, 1.82) is 0 Å². The van der Waals surface area contributed by atoms with Gasteiger partial charge in [-0.2, -0.15) is 0 Å². The van der Waals surface area contributed by atoms with Crippen molar-refractivity contribution in [2.24, 2.45) is 10.8 Å². The molecule has 2 fully saturated rings. The zero-order valence-electron chi connectivity index (χ0n) is 8.15. The molecule has 2 aliphatic rings. The fourth-order valence-electron chi connectivity index (χ4n) is 2.63. The summed E-state index contributed by atoms with van der Waals surface area (Å²) in [5, 5.41) is 0. The lowest BCUT2D eigenvalue weighted by molar-refractivity contribution is 0.226. The summed E-state index contributed by atoms with van der Waals surface area (Å²) >= 11 is 0. The van der Waals surface area contributed by atoms with Crippen molar-refractivity contribution in [2.75, 3.05) is 13.1 Å². The van der Waals surface area contributed by atoms with Crippen LogP contribution in [0.3, 0.4) is 0 Å². The third kappa shape index (κ3) is 0.868. The van der Waals surface area contributed by atoms with Crippen LogP contribution < -0.4 is 0 Å². The lowest BCUT2D eigenvalue weighted by Gasteiger charge is -2.23. The Morgan fingerprint density at radius 1 is 1.09 bits per heavy atom. The number of rotatable bonds is 1. The highest BCUT2D eigenvalue weighted by Gasteiger charge is 2.65. The number of nitrogens with zero attached hydrogens (tertiary/aromatic N) is 1. The van der Waals surface area contributed by atoms with Gasteiger partial charge in [-0.25, -0.2) is 0 Å². The van der Waals surface area contributed by atoms with Crippen molar-refractivity contribution < 1.29 is 0 Å². The van der Waals surface area contributed by atoms with E-state index in [1.807, 2.05) is 0 Å². The van der Waals surface area contributed by atoms with Gasteiger partial charge in [0.15, 0.2) is 0 Å². The molecule has 0 amide bonds. The van der Waals surface area contributed by atoms with Gasteiger partial charge in [-0.05, 0) is 31.1 Å². The van der Waals surface area contributed by atoms with E-state index in [9.17, 15) is 0 Å². The molecule has 2 atom stereocenters. The van der Waals surface area contributed by atoms with Crippen LogP contribution in [0, 0.1) is 10.8 Å². The van der Waals surface area contributed by atoms with Crippen molar-refractivity contribution in [3.05, 3.63) is 0 Å². The molecule has 1 aliphatic heterocycles. The highest BCUT2D eigenvalue weighted by molar-refractivity contribution is 5.16. The number of fused-ring (bicyclic) bond motifs is 1. The monoisotopic (exact) mass is 153 g/mol. The van der Waals surface area contributed by atoms with Crippen LogP contribution >= 0.6 is 0 Å². The first-order valence-corrected chi connectivity index (χ1v) is 4.71. The van der Waals surface area contributed by atoms with Gasteiger partial charge in [-0.1, -0.05) is 13.8 Å². The average molecular weight is 153 g/mol. The first-order valence-electron chi connectivity index (χ1n) is 4.71. The summed E-state index contributed by atoms with van der Waals surface area (Å²) in [7, 11) is 0. The van der Waals surface area contributed by atoms with Crippen molar-refractivity contribution in [2.45, 2.75) is 40.2 Å². The summed E-state index contributed by atoms with van der Waals surface area (Å²) < 4.78 is 0. The van der Waals surface area contributed by atoms with E-state index in [1.165, 1.54) is 19.5 Å². The molecule has 0 spiro atoms. The number of likely N-dealkylation sites (tertiary alicyclic amines) is 1. The van der Waals surface area contributed by atoms with Crippen molar-refractivity contribution >= 4 is 0 Å². The zero-order chi connectivity index (χ0) is 8.28. The molecule has 1 saturated heterocycles. The van der Waals surface area contributed by atoms with E-state index in [1.54, 1.807) is 0 Å². The molecule has 11 heavy (non-hydrogen) atoms. The van der Waals surface area contributed by atoms with Crippen LogP contribution in [0.25, 0.3) is 0 Å². The Hall–Kier alpha value is -0.0400. The lowest BCUT2D eigenvalue weighted by Crippen LogP contribution is -2.31. The second kappa shape index (κ2) is 1.82. The molecular formula is C10H19N. The maximum absolute atomic E-state index is 2.61.